The van der Waals surface area contributed by atoms with E-state index in [4.69, 9.17) is 4.74 Å². The summed E-state index contributed by atoms with van der Waals surface area (Å²) in [7, 11) is 1.87. The van der Waals surface area contributed by atoms with Crippen molar-refractivity contribution in [3.05, 3.63) is 0 Å². The average molecular weight is 555 g/mol. The second kappa shape index (κ2) is 24.2. The smallest absolute Gasteiger partial charge is 0.305 e. The number of carbonyl (C=O) groups is 6. The van der Waals surface area contributed by atoms with E-state index in [9.17, 15) is 28.8 Å². The van der Waals surface area contributed by atoms with E-state index in [2.05, 4.69) is 21.3 Å². The van der Waals surface area contributed by atoms with Gasteiger partial charge >= 0.3 is 5.97 Å². The van der Waals surface area contributed by atoms with Crippen LogP contribution in [0.25, 0.3) is 0 Å². The molecule has 11 nitrogen and oxygen atoms in total. The molecule has 0 saturated heterocycles. The summed E-state index contributed by atoms with van der Waals surface area (Å²) in [6.07, 6.45) is 8.37. The number of rotatable bonds is 25. The summed E-state index contributed by atoms with van der Waals surface area (Å²) in [6, 6.07) is -0.948. The van der Waals surface area contributed by atoms with Crippen molar-refractivity contribution < 1.29 is 33.5 Å². The molecular formula is C28H50N4O7. The summed E-state index contributed by atoms with van der Waals surface area (Å²) in [5.74, 6) is -1.36. The second-order valence-corrected chi connectivity index (χ2v) is 9.89. The Hall–Kier alpha value is -2.82. The molecule has 0 aromatic carbocycles. The number of nitrogens with one attached hydrogen (secondary N) is 4. The third kappa shape index (κ3) is 24.0. The maximum absolute atomic E-state index is 12.7. The molecule has 1 atom stereocenters. The van der Waals surface area contributed by atoms with Gasteiger partial charge in [-0.05, 0) is 78.8 Å². The SMILES string of the molecule is CNCCCCCC(=O)NCC(=O)NC(CCC(=O)OCCCCCC(C)=O)C(=O)NCCCCCC(C)=O. The first-order valence-electron chi connectivity index (χ1n) is 14.3. The van der Waals surface area contributed by atoms with Crippen molar-refractivity contribution in [2.45, 2.75) is 110 Å². The van der Waals surface area contributed by atoms with Gasteiger partial charge < -0.3 is 35.6 Å². The Labute approximate surface area is 233 Å². The number of carbonyl (C=O) groups excluding carboxylic acids is 6. The molecule has 0 fully saturated rings. The Bertz CT molecular complexity index is 758. The Morgan fingerprint density at radius 1 is 0.641 bits per heavy atom. The highest BCUT2D eigenvalue weighted by Crippen LogP contribution is 2.05. The van der Waals surface area contributed by atoms with E-state index < -0.39 is 23.8 Å². The lowest BCUT2D eigenvalue weighted by atomic mass is 10.1. The first kappa shape index (κ1) is 36.2. The Morgan fingerprint density at radius 3 is 1.85 bits per heavy atom. The maximum atomic E-state index is 12.7. The van der Waals surface area contributed by atoms with Gasteiger partial charge in [0, 0.05) is 32.2 Å². The summed E-state index contributed by atoms with van der Waals surface area (Å²) in [5, 5.41) is 11.0. The van der Waals surface area contributed by atoms with Crippen LogP contribution in [0.5, 0.6) is 0 Å². The van der Waals surface area contributed by atoms with E-state index in [1.54, 1.807) is 13.8 Å². The largest absolute Gasteiger partial charge is 0.466 e. The zero-order chi connectivity index (χ0) is 29.3. The van der Waals surface area contributed by atoms with Gasteiger partial charge in [0.05, 0.1) is 13.2 Å². The number of esters is 1. The van der Waals surface area contributed by atoms with Gasteiger partial charge in [0.25, 0.3) is 0 Å². The molecule has 0 spiro atoms. The lowest BCUT2D eigenvalue weighted by molar-refractivity contribution is -0.144. The molecule has 0 saturated carbocycles. The lowest BCUT2D eigenvalue weighted by Crippen LogP contribution is -2.49. The molecular weight excluding hydrogens is 504 g/mol. The van der Waals surface area contributed by atoms with E-state index in [-0.39, 0.29) is 43.5 Å². The Morgan fingerprint density at radius 2 is 1.23 bits per heavy atom. The van der Waals surface area contributed by atoms with E-state index in [0.717, 1.165) is 51.5 Å². The number of Topliss-reactive ketones (excluding diaryl/α,β-unsaturated/α-hetero) is 2. The normalized spacial score (nSPS) is 11.4. The molecule has 3 amide bonds. The van der Waals surface area contributed by atoms with Crippen molar-refractivity contribution in [1.29, 1.82) is 0 Å². The Balaban J connectivity index is 4.58. The summed E-state index contributed by atoms with van der Waals surface area (Å²) >= 11 is 0. The van der Waals surface area contributed by atoms with Crippen molar-refractivity contribution in [1.82, 2.24) is 21.3 Å². The highest BCUT2D eigenvalue weighted by atomic mass is 16.5. The van der Waals surface area contributed by atoms with E-state index in [0.29, 0.717) is 38.6 Å². The predicted molar refractivity (Wildman–Crippen MR) is 149 cm³/mol. The number of unbranched alkanes of at least 4 members (excludes halogenated alkanes) is 6. The third-order valence-electron chi connectivity index (χ3n) is 6.01. The molecule has 4 N–H and O–H groups in total. The third-order valence-corrected chi connectivity index (χ3v) is 6.01. The first-order valence-corrected chi connectivity index (χ1v) is 14.3. The molecule has 1 unspecified atom stereocenters. The van der Waals surface area contributed by atoms with Crippen LogP contribution in [0.3, 0.4) is 0 Å². The van der Waals surface area contributed by atoms with Gasteiger partial charge in [0.2, 0.25) is 17.7 Å². The van der Waals surface area contributed by atoms with Crippen molar-refractivity contribution in [2.24, 2.45) is 0 Å². The van der Waals surface area contributed by atoms with Crippen LogP contribution in [0.2, 0.25) is 0 Å². The minimum absolute atomic E-state index is 0.0522. The molecule has 0 bridgehead atoms. The average Bonchev–Trinajstić information content (AvgIpc) is 2.88. The minimum atomic E-state index is -0.948. The fourth-order valence-corrected chi connectivity index (χ4v) is 3.73. The second-order valence-electron chi connectivity index (χ2n) is 9.89. The molecule has 0 aliphatic carbocycles. The molecule has 0 radical (unpaired) electrons. The maximum Gasteiger partial charge on any atom is 0.305 e. The summed E-state index contributed by atoms with van der Waals surface area (Å²) in [4.78, 5) is 71.3. The van der Waals surface area contributed by atoms with Gasteiger partial charge in [-0.25, -0.2) is 0 Å². The first-order chi connectivity index (χ1) is 18.6. The predicted octanol–water partition coefficient (Wildman–Crippen LogP) is 2.11. The van der Waals surface area contributed by atoms with Gasteiger partial charge in [0.1, 0.15) is 17.6 Å². The highest BCUT2D eigenvalue weighted by molar-refractivity contribution is 5.90. The molecule has 0 aliphatic rings. The van der Waals surface area contributed by atoms with Gasteiger partial charge in [0.15, 0.2) is 0 Å². The quantitative estimate of drug-likeness (QED) is 0.0986. The monoisotopic (exact) mass is 554 g/mol. The van der Waals surface area contributed by atoms with Crippen LogP contribution in [-0.4, -0.2) is 74.6 Å². The van der Waals surface area contributed by atoms with Crippen LogP contribution in [-0.2, 0) is 33.5 Å². The van der Waals surface area contributed by atoms with E-state index in [1.807, 2.05) is 7.05 Å². The van der Waals surface area contributed by atoms with Gasteiger partial charge in [-0.15, -0.1) is 0 Å². The van der Waals surface area contributed by atoms with Crippen molar-refractivity contribution >= 4 is 35.3 Å². The fourth-order valence-electron chi connectivity index (χ4n) is 3.73. The molecule has 39 heavy (non-hydrogen) atoms. The Kier molecular flexibility index (Phi) is 22.5. The fraction of sp³-hybridized carbons (Fsp3) is 0.786. The van der Waals surface area contributed by atoms with Crippen LogP contribution in [0.4, 0.5) is 0 Å². The lowest BCUT2D eigenvalue weighted by Gasteiger charge is -2.18. The molecule has 0 aromatic rings. The zero-order valence-corrected chi connectivity index (χ0v) is 24.2. The van der Waals surface area contributed by atoms with Crippen molar-refractivity contribution in [3.63, 3.8) is 0 Å². The summed E-state index contributed by atoms with van der Waals surface area (Å²) in [6.45, 7) is 4.35. The van der Waals surface area contributed by atoms with E-state index in [1.165, 1.54) is 0 Å². The molecule has 0 aliphatic heterocycles. The summed E-state index contributed by atoms with van der Waals surface area (Å²) < 4.78 is 5.21. The van der Waals surface area contributed by atoms with Gasteiger partial charge in [-0.1, -0.05) is 12.8 Å². The van der Waals surface area contributed by atoms with Gasteiger partial charge in [-0.3, -0.25) is 19.2 Å². The molecule has 0 heterocycles. The van der Waals surface area contributed by atoms with Crippen LogP contribution in [0, 0.1) is 0 Å². The van der Waals surface area contributed by atoms with Crippen LogP contribution in [0.15, 0.2) is 0 Å². The number of amides is 3. The van der Waals surface area contributed by atoms with Crippen molar-refractivity contribution in [3.8, 4) is 0 Å². The van der Waals surface area contributed by atoms with Crippen LogP contribution in [0.1, 0.15) is 104 Å². The van der Waals surface area contributed by atoms with E-state index >= 15 is 0 Å². The summed E-state index contributed by atoms with van der Waals surface area (Å²) in [5.41, 5.74) is 0. The van der Waals surface area contributed by atoms with Crippen LogP contribution < -0.4 is 21.3 Å². The standard InChI is InChI=1S/C28H50N4O7/c1-22(33)13-7-4-11-19-30-28(38)24(16-17-27(37)39-20-12-6-8-14-23(2)34)32-26(36)21-31-25(35)15-9-5-10-18-29-3/h24,29H,4-21H2,1-3H3,(H,30,38)(H,31,35)(H,32,36). The molecule has 224 valence electrons. The minimum Gasteiger partial charge on any atom is -0.466 e. The number of ether oxygens (including phenoxy) is 1. The number of hydrogen-bond donors (Lipinski definition) is 4. The van der Waals surface area contributed by atoms with Crippen LogP contribution >= 0.6 is 0 Å². The molecule has 11 heteroatoms. The molecule has 0 aromatic heterocycles. The zero-order valence-electron chi connectivity index (χ0n) is 24.2. The topological polar surface area (TPSA) is 160 Å². The highest BCUT2D eigenvalue weighted by Gasteiger charge is 2.22. The number of hydrogen-bond acceptors (Lipinski definition) is 8. The van der Waals surface area contributed by atoms with Crippen molar-refractivity contribution in [2.75, 3.05) is 33.3 Å². The van der Waals surface area contributed by atoms with Gasteiger partial charge in [-0.2, -0.15) is 0 Å². The molecule has 0 rings (SSSR count). The number of ketones is 2.